The zero-order chi connectivity index (χ0) is 22.3. The largest absolute Gasteiger partial charge is 0.492 e. The van der Waals surface area contributed by atoms with E-state index < -0.39 is 0 Å². The first-order valence-corrected chi connectivity index (χ1v) is 11.3. The van der Waals surface area contributed by atoms with E-state index in [0.717, 1.165) is 49.8 Å². The lowest BCUT2D eigenvalue weighted by molar-refractivity contribution is -0.126. The van der Waals surface area contributed by atoms with Gasteiger partial charge < -0.3 is 19.7 Å². The van der Waals surface area contributed by atoms with E-state index in [9.17, 15) is 9.59 Å². The Labute approximate surface area is 193 Å². The summed E-state index contributed by atoms with van der Waals surface area (Å²) in [4.78, 5) is 29.0. The third-order valence-corrected chi connectivity index (χ3v) is 6.03. The van der Waals surface area contributed by atoms with Crippen LogP contribution in [0.4, 0.5) is 5.69 Å². The van der Waals surface area contributed by atoms with Crippen molar-refractivity contribution in [2.24, 2.45) is 5.92 Å². The molecule has 0 radical (unpaired) electrons. The molecular formula is C24H28ClN3O4. The quantitative estimate of drug-likeness (QED) is 0.660. The van der Waals surface area contributed by atoms with Gasteiger partial charge in [-0.15, -0.1) is 0 Å². The first-order chi connectivity index (χ1) is 15.6. The highest BCUT2D eigenvalue weighted by molar-refractivity contribution is 6.30. The molecule has 0 aromatic heterocycles. The lowest BCUT2D eigenvalue weighted by Gasteiger charge is -2.26. The summed E-state index contributed by atoms with van der Waals surface area (Å²) in [6.07, 6.45) is 0.207. The van der Waals surface area contributed by atoms with E-state index in [-0.39, 0.29) is 24.2 Å². The fraction of sp³-hybridized carbons (Fsp3) is 0.417. The second-order valence-corrected chi connectivity index (χ2v) is 8.49. The van der Waals surface area contributed by atoms with Crippen LogP contribution in [0.1, 0.15) is 12.0 Å². The van der Waals surface area contributed by atoms with Crippen LogP contribution in [0.5, 0.6) is 5.75 Å². The van der Waals surface area contributed by atoms with Crippen molar-refractivity contribution in [3.05, 3.63) is 59.1 Å². The summed E-state index contributed by atoms with van der Waals surface area (Å²) in [5.41, 5.74) is 1.72. The highest BCUT2D eigenvalue weighted by Crippen LogP contribution is 2.26. The monoisotopic (exact) mass is 457 g/mol. The van der Waals surface area contributed by atoms with E-state index in [0.29, 0.717) is 24.7 Å². The van der Waals surface area contributed by atoms with E-state index >= 15 is 0 Å². The molecular weight excluding hydrogens is 430 g/mol. The van der Waals surface area contributed by atoms with Crippen molar-refractivity contribution in [1.29, 1.82) is 0 Å². The summed E-state index contributed by atoms with van der Waals surface area (Å²) >= 11 is 5.92. The number of ether oxygens (including phenoxy) is 2. The van der Waals surface area contributed by atoms with Gasteiger partial charge in [0.2, 0.25) is 11.8 Å². The van der Waals surface area contributed by atoms with Crippen LogP contribution < -0.4 is 15.0 Å². The number of rotatable bonds is 8. The molecule has 170 valence electrons. The van der Waals surface area contributed by atoms with E-state index in [2.05, 4.69) is 10.2 Å². The highest BCUT2D eigenvalue weighted by atomic mass is 35.5. The van der Waals surface area contributed by atoms with Crippen LogP contribution in [0.15, 0.2) is 48.5 Å². The van der Waals surface area contributed by atoms with Crippen LogP contribution in [0.3, 0.4) is 0 Å². The standard InChI is InChI=1S/C24H28ClN3O4/c25-20-4-6-21(7-5-20)28-17-19(15-23(28)29)24(30)26-16-18-2-1-3-22(14-18)32-13-10-27-8-11-31-12-9-27/h1-7,14,19H,8-13,15-17H2,(H,26,30). The minimum atomic E-state index is -0.369. The van der Waals surface area contributed by atoms with Crippen molar-refractivity contribution >= 4 is 29.1 Å². The van der Waals surface area contributed by atoms with Gasteiger partial charge in [0, 0.05) is 49.9 Å². The maximum atomic E-state index is 12.7. The molecule has 2 aromatic carbocycles. The Bertz CT molecular complexity index is 931. The van der Waals surface area contributed by atoms with Crippen molar-refractivity contribution in [1.82, 2.24) is 10.2 Å². The zero-order valence-corrected chi connectivity index (χ0v) is 18.7. The van der Waals surface area contributed by atoms with Gasteiger partial charge in [-0.2, -0.15) is 0 Å². The third kappa shape index (κ3) is 6.00. The number of amides is 2. The molecule has 0 aliphatic carbocycles. The zero-order valence-electron chi connectivity index (χ0n) is 18.0. The SMILES string of the molecule is O=C(NCc1cccc(OCCN2CCOCC2)c1)C1CC(=O)N(c2ccc(Cl)cc2)C1. The number of carbonyl (C=O) groups excluding carboxylic acids is 2. The van der Waals surface area contributed by atoms with Crippen LogP contribution in [-0.2, 0) is 20.9 Å². The molecule has 2 aliphatic rings. The number of hydrogen-bond donors (Lipinski definition) is 1. The minimum absolute atomic E-state index is 0.0527. The lowest BCUT2D eigenvalue weighted by Crippen LogP contribution is -2.38. The van der Waals surface area contributed by atoms with Gasteiger partial charge in [0.25, 0.3) is 0 Å². The maximum Gasteiger partial charge on any atom is 0.227 e. The van der Waals surface area contributed by atoms with Crippen LogP contribution in [0.25, 0.3) is 0 Å². The number of nitrogens with one attached hydrogen (secondary N) is 1. The molecule has 0 bridgehead atoms. The van der Waals surface area contributed by atoms with Crippen molar-refractivity contribution in [2.75, 3.05) is 50.9 Å². The van der Waals surface area contributed by atoms with Crippen LogP contribution in [-0.4, -0.2) is 62.7 Å². The Hall–Kier alpha value is -2.61. The Morgan fingerprint density at radius 2 is 1.94 bits per heavy atom. The van der Waals surface area contributed by atoms with Gasteiger partial charge in [0.05, 0.1) is 19.1 Å². The van der Waals surface area contributed by atoms with Crippen molar-refractivity contribution in [3.8, 4) is 5.75 Å². The molecule has 1 N–H and O–H groups in total. The van der Waals surface area contributed by atoms with E-state index in [1.165, 1.54) is 0 Å². The fourth-order valence-corrected chi connectivity index (χ4v) is 4.08. The molecule has 1 unspecified atom stereocenters. The maximum absolute atomic E-state index is 12.7. The van der Waals surface area contributed by atoms with Gasteiger partial charge in [0.15, 0.2) is 0 Å². The van der Waals surface area contributed by atoms with Gasteiger partial charge in [-0.1, -0.05) is 23.7 Å². The molecule has 4 rings (SSSR count). The van der Waals surface area contributed by atoms with Crippen LogP contribution in [0.2, 0.25) is 5.02 Å². The van der Waals surface area contributed by atoms with E-state index in [1.54, 1.807) is 29.2 Å². The predicted octanol–water partition coefficient (Wildman–Crippen LogP) is 2.72. The van der Waals surface area contributed by atoms with Crippen molar-refractivity contribution < 1.29 is 19.1 Å². The van der Waals surface area contributed by atoms with E-state index in [1.807, 2.05) is 24.3 Å². The molecule has 7 nitrogen and oxygen atoms in total. The van der Waals surface area contributed by atoms with Crippen molar-refractivity contribution in [3.63, 3.8) is 0 Å². The summed E-state index contributed by atoms with van der Waals surface area (Å²) < 4.78 is 11.2. The highest BCUT2D eigenvalue weighted by Gasteiger charge is 2.34. The number of morpholine rings is 1. The molecule has 2 aromatic rings. The average Bonchev–Trinajstić information content (AvgIpc) is 3.21. The van der Waals surface area contributed by atoms with Crippen LogP contribution in [0, 0.1) is 5.92 Å². The fourth-order valence-electron chi connectivity index (χ4n) is 3.95. The molecule has 2 heterocycles. The van der Waals surface area contributed by atoms with Gasteiger partial charge in [0.1, 0.15) is 12.4 Å². The summed E-state index contributed by atoms with van der Waals surface area (Å²) in [6, 6.07) is 14.8. The second-order valence-electron chi connectivity index (χ2n) is 8.05. The van der Waals surface area contributed by atoms with E-state index in [4.69, 9.17) is 21.1 Å². The number of anilines is 1. The number of nitrogens with zero attached hydrogens (tertiary/aromatic N) is 2. The molecule has 2 fully saturated rings. The second kappa shape index (κ2) is 10.8. The molecule has 8 heteroatoms. The lowest BCUT2D eigenvalue weighted by atomic mass is 10.1. The summed E-state index contributed by atoms with van der Waals surface area (Å²) in [7, 11) is 0. The van der Waals surface area contributed by atoms with Gasteiger partial charge >= 0.3 is 0 Å². The Balaban J connectivity index is 1.24. The molecule has 0 spiro atoms. The third-order valence-electron chi connectivity index (χ3n) is 5.78. The molecule has 2 amide bonds. The smallest absolute Gasteiger partial charge is 0.227 e. The number of hydrogen-bond acceptors (Lipinski definition) is 5. The average molecular weight is 458 g/mol. The molecule has 2 aliphatic heterocycles. The molecule has 32 heavy (non-hydrogen) atoms. The van der Waals surface area contributed by atoms with Crippen molar-refractivity contribution in [2.45, 2.75) is 13.0 Å². The molecule has 2 saturated heterocycles. The topological polar surface area (TPSA) is 71.1 Å². The summed E-state index contributed by atoms with van der Waals surface area (Å²) in [6.45, 7) is 5.67. The molecule has 1 atom stereocenters. The number of benzene rings is 2. The first-order valence-electron chi connectivity index (χ1n) is 10.9. The number of carbonyl (C=O) groups is 2. The molecule has 0 saturated carbocycles. The normalized spacial score (nSPS) is 19.2. The Kier molecular flexibility index (Phi) is 7.63. The first kappa shape index (κ1) is 22.6. The van der Waals surface area contributed by atoms with Crippen LogP contribution >= 0.6 is 11.6 Å². The Morgan fingerprint density at radius 1 is 1.16 bits per heavy atom. The Morgan fingerprint density at radius 3 is 2.72 bits per heavy atom. The van der Waals surface area contributed by atoms with Gasteiger partial charge in [-0.3, -0.25) is 14.5 Å². The summed E-state index contributed by atoms with van der Waals surface area (Å²) in [5.74, 6) is 0.248. The number of halogens is 1. The van der Waals surface area contributed by atoms with Gasteiger partial charge in [-0.05, 0) is 42.0 Å². The van der Waals surface area contributed by atoms with Gasteiger partial charge in [-0.25, -0.2) is 0 Å². The minimum Gasteiger partial charge on any atom is -0.492 e. The predicted molar refractivity (Wildman–Crippen MR) is 123 cm³/mol. The summed E-state index contributed by atoms with van der Waals surface area (Å²) in [5, 5.41) is 3.57.